The van der Waals surface area contributed by atoms with Gasteiger partial charge in [-0.15, -0.1) is 0 Å². The Morgan fingerprint density at radius 3 is 1.81 bits per heavy atom. The van der Waals surface area contributed by atoms with Gasteiger partial charge in [0.25, 0.3) is 5.91 Å². The molecule has 32 heavy (non-hydrogen) atoms. The Morgan fingerprint density at radius 1 is 0.719 bits per heavy atom. The van der Waals surface area contributed by atoms with Gasteiger partial charge in [0.05, 0.1) is 11.3 Å². The molecule has 5 nitrogen and oxygen atoms in total. The van der Waals surface area contributed by atoms with Crippen LogP contribution < -0.4 is 20.5 Å². The topological polar surface area (TPSA) is 73.6 Å². The fraction of sp³-hybridized carbons (Fsp3) is 0.0741. The molecule has 4 rings (SSSR count). The number of benzene rings is 4. The Labute approximate surface area is 187 Å². The lowest BCUT2D eigenvalue weighted by Gasteiger charge is -2.16. The molecule has 4 aromatic carbocycles. The average molecular weight is 425 g/mol. The number of hydrogen-bond donors (Lipinski definition) is 2. The molecule has 0 bridgehead atoms. The largest absolute Gasteiger partial charge is 0.456 e. The first kappa shape index (κ1) is 21.0. The molecule has 0 unspecified atom stereocenters. The fourth-order valence-electron chi connectivity index (χ4n) is 3.11. The quantitative estimate of drug-likeness (QED) is 0.337. The summed E-state index contributed by atoms with van der Waals surface area (Å²) >= 11 is 0. The molecule has 0 aliphatic rings. The third-order valence-electron chi connectivity index (χ3n) is 4.89. The number of nitrogen functional groups attached to an aromatic ring is 1. The second kappa shape index (κ2) is 9.27. The minimum atomic E-state index is -0.327. The van der Waals surface area contributed by atoms with Crippen molar-refractivity contribution in [3.8, 4) is 23.0 Å². The Bertz CT molecular complexity index is 1220. The number of nitrogens with two attached hydrogens (primary N) is 1. The van der Waals surface area contributed by atoms with Crippen LogP contribution in [0.25, 0.3) is 0 Å². The van der Waals surface area contributed by atoms with Crippen LogP contribution in [-0.2, 0) is 0 Å². The summed E-state index contributed by atoms with van der Waals surface area (Å²) in [6, 6.07) is 27.7. The first-order chi connectivity index (χ1) is 15.5. The van der Waals surface area contributed by atoms with Gasteiger partial charge in [0.15, 0.2) is 5.75 Å². The molecule has 4 aromatic rings. The minimum absolute atomic E-state index is 0.309. The molecule has 5 heteroatoms. The highest BCUT2D eigenvalue weighted by molar-refractivity contribution is 6.07. The van der Waals surface area contributed by atoms with Crippen molar-refractivity contribution in [1.29, 1.82) is 0 Å². The van der Waals surface area contributed by atoms with E-state index in [0.717, 1.165) is 11.1 Å². The molecule has 3 N–H and O–H groups in total. The summed E-state index contributed by atoms with van der Waals surface area (Å²) in [4.78, 5) is 13.1. The number of carbonyl (C=O) groups excluding carboxylic acids is 1. The second-order valence-electron chi connectivity index (χ2n) is 7.54. The summed E-state index contributed by atoms with van der Waals surface area (Å²) < 4.78 is 12.1. The zero-order chi connectivity index (χ0) is 22.5. The predicted octanol–water partition coefficient (Wildman–Crippen LogP) is 6.72. The van der Waals surface area contributed by atoms with Crippen LogP contribution in [0, 0.1) is 13.8 Å². The van der Waals surface area contributed by atoms with Gasteiger partial charge in [0.1, 0.15) is 17.2 Å². The minimum Gasteiger partial charge on any atom is -0.456 e. The van der Waals surface area contributed by atoms with E-state index in [2.05, 4.69) is 5.32 Å². The van der Waals surface area contributed by atoms with Crippen molar-refractivity contribution in [2.24, 2.45) is 0 Å². The van der Waals surface area contributed by atoms with Crippen molar-refractivity contribution in [2.75, 3.05) is 11.1 Å². The third kappa shape index (κ3) is 5.08. The summed E-state index contributed by atoms with van der Waals surface area (Å²) in [7, 11) is 0. The summed E-state index contributed by atoms with van der Waals surface area (Å²) in [5.41, 5.74) is 9.81. The van der Waals surface area contributed by atoms with Crippen LogP contribution in [0.2, 0.25) is 0 Å². The molecule has 160 valence electrons. The van der Waals surface area contributed by atoms with Crippen LogP contribution in [0.4, 0.5) is 11.4 Å². The number of para-hydroxylation sites is 1. The summed E-state index contributed by atoms with van der Waals surface area (Å²) in [6.45, 7) is 4.01. The van der Waals surface area contributed by atoms with Crippen molar-refractivity contribution in [1.82, 2.24) is 0 Å². The maximum Gasteiger partial charge on any atom is 0.259 e. The Hall–Kier alpha value is -4.25. The molecule has 0 aliphatic carbocycles. The summed E-state index contributed by atoms with van der Waals surface area (Å²) in [6.07, 6.45) is 0. The standard InChI is InChI=1S/C27H24N2O3/c1-18-8-12-21(13-9-18)31-25-17-26(32-22-14-10-19(2)11-15-22)24(28)16-23(25)27(30)29-20-6-4-3-5-7-20/h3-17H,28H2,1-2H3,(H,29,30). The van der Waals surface area contributed by atoms with E-state index >= 15 is 0 Å². The number of aryl methyl sites for hydroxylation is 2. The SMILES string of the molecule is Cc1ccc(Oc2cc(Oc3ccc(C)cc3)c(C(=O)Nc3ccccc3)cc2N)cc1. The average Bonchev–Trinajstić information content (AvgIpc) is 2.79. The zero-order valence-electron chi connectivity index (χ0n) is 18.0. The molecule has 0 fully saturated rings. The van der Waals surface area contributed by atoms with Crippen molar-refractivity contribution < 1.29 is 14.3 Å². The third-order valence-corrected chi connectivity index (χ3v) is 4.89. The van der Waals surface area contributed by atoms with Crippen molar-refractivity contribution >= 4 is 17.3 Å². The molecule has 0 heterocycles. The molecule has 0 radical (unpaired) electrons. The molecule has 0 saturated heterocycles. The molecule has 0 spiro atoms. The molecule has 0 aliphatic heterocycles. The van der Waals surface area contributed by atoms with Crippen molar-refractivity contribution in [2.45, 2.75) is 13.8 Å². The van der Waals surface area contributed by atoms with Gasteiger partial charge in [-0.25, -0.2) is 0 Å². The second-order valence-corrected chi connectivity index (χ2v) is 7.54. The van der Waals surface area contributed by atoms with Crippen LogP contribution in [0.3, 0.4) is 0 Å². The lowest BCUT2D eigenvalue weighted by Crippen LogP contribution is -2.13. The van der Waals surface area contributed by atoms with Crippen LogP contribution in [0.1, 0.15) is 21.5 Å². The van der Waals surface area contributed by atoms with Crippen LogP contribution in [0.15, 0.2) is 91.0 Å². The lowest BCUT2D eigenvalue weighted by molar-refractivity contribution is 0.102. The fourth-order valence-corrected chi connectivity index (χ4v) is 3.11. The highest BCUT2D eigenvalue weighted by Gasteiger charge is 2.18. The Morgan fingerprint density at radius 2 is 1.25 bits per heavy atom. The van der Waals surface area contributed by atoms with Gasteiger partial charge in [0.2, 0.25) is 0 Å². The van der Waals surface area contributed by atoms with E-state index in [1.165, 1.54) is 0 Å². The van der Waals surface area contributed by atoms with Crippen LogP contribution >= 0.6 is 0 Å². The van der Waals surface area contributed by atoms with Gasteiger partial charge < -0.3 is 20.5 Å². The molecule has 0 atom stereocenters. The normalized spacial score (nSPS) is 10.4. The highest BCUT2D eigenvalue weighted by atomic mass is 16.5. The van der Waals surface area contributed by atoms with Gasteiger partial charge in [-0.1, -0.05) is 53.6 Å². The number of anilines is 2. The monoisotopic (exact) mass is 424 g/mol. The van der Waals surface area contributed by atoms with Crippen molar-refractivity contribution in [3.05, 3.63) is 108 Å². The van der Waals surface area contributed by atoms with E-state index in [0.29, 0.717) is 39.9 Å². The van der Waals surface area contributed by atoms with Gasteiger partial charge in [0, 0.05) is 11.8 Å². The molecule has 0 aromatic heterocycles. The van der Waals surface area contributed by atoms with E-state index in [-0.39, 0.29) is 5.91 Å². The molecule has 1 amide bonds. The lowest BCUT2D eigenvalue weighted by atomic mass is 10.1. The number of hydrogen-bond acceptors (Lipinski definition) is 4. The van der Waals surface area contributed by atoms with Gasteiger partial charge in [-0.05, 0) is 56.3 Å². The number of nitrogens with one attached hydrogen (secondary N) is 1. The number of rotatable bonds is 6. The van der Waals surface area contributed by atoms with Crippen LogP contribution in [0.5, 0.6) is 23.0 Å². The van der Waals surface area contributed by atoms with E-state index in [9.17, 15) is 4.79 Å². The zero-order valence-corrected chi connectivity index (χ0v) is 18.0. The van der Waals surface area contributed by atoms with E-state index in [1.807, 2.05) is 92.7 Å². The van der Waals surface area contributed by atoms with Gasteiger partial charge in [-0.2, -0.15) is 0 Å². The summed E-state index contributed by atoms with van der Waals surface area (Å²) in [5, 5.41) is 2.88. The Kier molecular flexibility index (Phi) is 6.08. The number of amides is 1. The molecular weight excluding hydrogens is 400 g/mol. The van der Waals surface area contributed by atoms with Crippen molar-refractivity contribution in [3.63, 3.8) is 0 Å². The summed E-state index contributed by atoms with van der Waals surface area (Å²) in [5.74, 6) is 1.68. The van der Waals surface area contributed by atoms with E-state index in [1.54, 1.807) is 12.1 Å². The van der Waals surface area contributed by atoms with Gasteiger partial charge in [-0.3, -0.25) is 4.79 Å². The first-order valence-corrected chi connectivity index (χ1v) is 10.3. The highest BCUT2D eigenvalue weighted by Crippen LogP contribution is 2.37. The van der Waals surface area contributed by atoms with E-state index < -0.39 is 0 Å². The molecular formula is C27H24N2O3. The maximum absolute atomic E-state index is 13.1. The Balaban J connectivity index is 1.69. The predicted molar refractivity (Wildman–Crippen MR) is 128 cm³/mol. The maximum atomic E-state index is 13.1. The number of carbonyl (C=O) groups is 1. The van der Waals surface area contributed by atoms with Gasteiger partial charge >= 0.3 is 0 Å². The number of ether oxygens (including phenoxy) is 2. The first-order valence-electron chi connectivity index (χ1n) is 10.3. The smallest absolute Gasteiger partial charge is 0.259 e. The molecule has 0 saturated carbocycles. The van der Waals surface area contributed by atoms with Crippen LogP contribution in [-0.4, -0.2) is 5.91 Å². The van der Waals surface area contributed by atoms with E-state index in [4.69, 9.17) is 15.2 Å².